The van der Waals surface area contributed by atoms with E-state index in [0.717, 1.165) is 68.7 Å². The van der Waals surface area contributed by atoms with Gasteiger partial charge in [0.2, 0.25) is 17.7 Å². The van der Waals surface area contributed by atoms with E-state index in [0.29, 0.717) is 18.9 Å². The fraction of sp³-hybridized carbons (Fsp3) is 0.609. The summed E-state index contributed by atoms with van der Waals surface area (Å²) in [5.74, 6) is 1.06. The molecule has 0 radical (unpaired) electrons. The molecule has 1 aliphatic carbocycles. The molecule has 1 atom stereocenters. The summed E-state index contributed by atoms with van der Waals surface area (Å²) in [5.41, 5.74) is 2.98. The molecule has 154 valence electrons. The number of anilines is 2. The minimum Gasteiger partial charge on any atom is -0.342 e. The van der Waals surface area contributed by atoms with Gasteiger partial charge in [-0.05, 0) is 61.8 Å². The maximum atomic E-state index is 12.9. The van der Waals surface area contributed by atoms with E-state index in [-0.39, 0.29) is 29.6 Å². The number of nitrogens with zero attached hydrogens (tertiary/aromatic N) is 3. The van der Waals surface area contributed by atoms with E-state index in [4.69, 9.17) is 0 Å². The van der Waals surface area contributed by atoms with Gasteiger partial charge in [-0.2, -0.15) is 0 Å². The Labute approximate surface area is 171 Å². The highest BCUT2D eigenvalue weighted by Crippen LogP contribution is 2.38. The number of benzene rings is 1. The molecule has 0 aromatic heterocycles. The molecule has 3 fully saturated rings. The van der Waals surface area contributed by atoms with Crippen molar-refractivity contribution >= 4 is 29.1 Å². The van der Waals surface area contributed by atoms with Gasteiger partial charge in [-0.15, -0.1) is 0 Å². The quantitative estimate of drug-likeness (QED) is 0.790. The van der Waals surface area contributed by atoms with Crippen molar-refractivity contribution in [2.75, 3.05) is 36.0 Å². The molecule has 6 heteroatoms. The van der Waals surface area contributed by atoms with E-state index in [1.807, 2.05) is 28.0 Å². The zero-order valence-electron chi connectivity index (χ0n) is 17.1. The van der Waals surface area contributed by atoms with Crippen LogP contribution < -0.4 is 9.80 Å². The van der Waals surface area contributed by atoms with Gasteiger partial charge in [-0.25, -0.2) is 0 Å². The Morgan fingerprint density at radius 1 is 0.966 bits per heavy atom. The predicted octanol–water partition coefficient (Wildman–Crippen LogP) is 2.60. The number of hydrogen-bond donors (Lipinski definition) is 0. The van der Waals surface area contributed by atoms with Crippen LogP contribution in [0.1, 0.15) is 44.6 Å². The molecular weight excluding hydrogens is 366 g/mol. The highest BCUT2D eigenvalue weighted by atomic mass is 16.2. The van der Waals surface area contributed by atoms with E-state index in [2.05, 4.69) is 6.92 Å². The summed E-state index contributed by atoms with van der Waals surface area (Å²) in [5, 5.41) is 0. The molecule has 29 heavy (non-hydrogen) atoms. The second kappa shape index (κ2) is 7.15. The molecule has 3 heterocycles. The van der Waals surface area contributed by atoms with Crippen LogP contribution in [0.15, 0.2) is 18.2 Å². The summed E-state index contributed by atoms with van der Waals surface area (Å²) in [7, 11) is 0. The minimum atomic E-state index is -0.239. The SMILES string of the molecule is CC1CCN(C(=O)C2CC(=O)N(c3ccc4c(c3)CCN4C(=O)C3CC3)C2)CC1. The van der Waals surface area contributed by atoms with E-state index in [1.54, 1.807) is 4.90 Å². The van der Waals surface area contributed by atoms with Crippen LogP contribution in [0.25, 0.3) is 0 Å². The lowest BCUT2D eigenvalue weighted by molar-refractivity contribution is -0.137. The number of amides is 3. The Hall–Kier alpha value is -2.37. The standard InChI is InChI=1S/C23H29N3O3/c1-15-6-9-24(10-7-15)22(28)18-13-21(27)26(14-18)19-4-5-20-17(12-19)8-11-25(20)23(29)16-2-3-16/h4-5,12,15-16,18H,2-3,6-11,13-14H2,1H3. The molecule has 1 aromatic rings. The van der Waals surface area contributed by atoms with Crippen molar-refractivity contribution in [1.82, 2.24) is 4.90 Å². The van der Waals surface area contributed by atoms with Gasteiger partial charge < -0.3 is 14.7 Å². The van der Waals surface area contributed by atoms with Crippen LogP contribution in [0, 0.1) is 17.8 Å². The average Bonchev–Trinajstić information content (AvgIpc) is 3.38. The highest BCUT2D eigenvalue weighted by molar-refractivity contribution is 6.02. The Morgan fingerprint density at radius 2 is 1.72 bits per heavy atom. The van der Waals surface area contributed by atoms with Gasteiger partial charge in [0.1, 0.15) is 0 Å². The average molecular weight is 396 g/mol. The van der Waals surface area contributed by atoms with Crippen LogP contribution >= 0.6 is 0 Å². The van der Waals surface area contributed by atoms with Gasteiger partial charge in [0.25, 0.3) is 0 Å². The van der Waals surface area contributed by atoms with E-state index in [9.17, 15) is 14.4 Å². The first-order valence-electron chi connectivity index (χ1n) is 11.0. The normalized spacial score (nSPS) is 24.9. The topological polar surface area (TPSA) is 60.9 Å². The molecule has 0 bridgehead atoms. The predicted molar refractivity (Wildman–Crippen MR) is 111 cm³/mol. The fourth-order valence-corrected chi connectivity index (χ4v) is 4.95. The van der Waals surface area contributed by atoms with Gasteiger partial charge in [0.05, 0.1) is 5.92 Å². The number of fused-ring (bicyclic) bond motifs is 1. The van der Waals surface area contributed by atoms with Gasteiger partial charge in [0, 0.05) is 49.9 Å². The van der Waals surface area contributed by atoms with E-state index in [1.165, 1.54) is 0 Å². The van der Waals surface area contributed by atoms with Crippen molar-refractivity contribution in [2.24, 2.45) is 17.8 Å². The Bertz CT molecular complexity index is 855. The van der Waals surface area contributed by atoms with Gasteiger partial charge in [-0.3, -0.25) is 14.4 Å². The van der Waals surface area contributed by atoms with Gasteiger partial charge in [0.15, 0.2) is 0 Å². The number of carbonyl (C=O) groups is 3. The van der Waals surface area contributed by atoms with Crippen LogP contribution in [-0.2, 0) is 20.8 Å². The van der Waals surface area contributed by atoms with Crippen molar-refractivity contribution in [2.45, 2.75) is 45.4 Å². The third-order valence-corrected chi connectivity index (χ3v) is 7.03. The number of hydrogen-bond acceptors (Lipinski definition) is 3. The first-order valence-corrected chi connectivity index (χ1v) is 11.0. The lowest BCUT2D eigenvalue weighted by Crippen LogP contribution is -2.42. The van der Waals surface area contributed by atoms with E-state index >= 15 is 0 Å². The smallest absolute Gasteiger partial charge is 0.230 e. The lowest BCUT2D eigenvalue weighted by atomic mass is 9.97. The molecule has 6 nitrogen and oxygen atoms in total. The van der Waals surface area contributed by atoms with Crippen molar-refractivity contribution in [3.63, 3.8) is 0 Å². The molecular formula is C23H29N3O3. The number of carbonyl (C=O) groups excluding carboxylic acids is 3. The largest absolute Gasteiger partial charge is 0.342 e. The third-order valence-electron chi connectivity index (χ3n) is 7.03. The molecule has 0 spiro atoms. The Morgan fingerprint density at radius 3 is 2.45 bits per heavy atom. The van der Waals surface area contributed by atoms with Crippen LogP contribution in [0.2, 0.25) is 0 Å². The summed E-state index contributed by atoms with van der Waals surface area (Å²) >= 11 is 0. The molecule has 1 saturated carbocycles. The number of likely N-dealkylation sites (tertiary alicyclic amines) is 1. The second-order valence-electron chi connectivity index (χ2n) is 9.24. The van der Waals surface area contributed by atoms with Crippen molar-refractivity contribution in [3.05, 3.63) is 23.8 Å². The molecule has 4 aliphatic rings. The van der Waals surface area contributed by atoms with Crippen LogP contribution in [0.4, 0.5) is 11.4 Å². The first kappa shape index (κ1) is 18.6. The summed E-state index contributed by atoms with van der Waals surface area (Å²) < 4.78 is 0. The van der Waals surface area contributed by atoms with Gasteiger partial charge in [-0.1, -0.05) is 6.92 Å². The first-order chi connectivity index (χ1) is 14.0. The minimum absolute atomic E-state index is 0.0255. The molecule has 3 aliphatic heterocycles. The zero-order valence-corrected chi connectivity index (χ0v) is 17.1. The van der Waals surface area contributed by atoms with Crippen molar-refractivity contribution in [3.8, 4) is 0 Å². The molecule has 1 unspecified atom stereocenters. The summed E-state index contributed by atoms with van der Waals surface area (Å²) in [6, 6.07) is 5.96. The molecule has 0 N–H and O–H groups in total. The summed E-state index contributed by atoms with van der Waals surface area (Å²) in [6.07, 6.45) is 5.26. The second-order valence-corrected chi connectivity index (χ2v) is 9.24. The Kier molecular flexibility index (Phi) is 4.60. The molecule has 2 saturated heterocycles. The molecule has 3 amide bonds. The van der Waals surface area contributed by atoms with Crippen LogP contribution in [0.3, 0.4) is 0 Å². The monoisotopic (exact) mass is 395 g/mol. The van der Waals surface area contributed by atoms with Gasteiger partial charge >= 0.3 is 0 Å². The Balaban J connectivity index is 1.28. The van der Waals surface area contributed by atoms with Crippen LogP contribution in [-0.4, -0.2) is 48.8 Å². The van der Waals surface area contributed by atoms with Crippen molar-refractivity contribution < 1.29 is 14.4 Å². The maximum Gasteiger partial charge on any atom is 0.230 e. The van der Waals surface area contributed by atoms with Crippen molar-refractivity contribution in [1.29, 1.82) is 0 Å². The maximum absolute atomic E-state index is 12.9. The fourth-order valence-electron chi connectivity index (χ4n) is 4.95. The molecule has 5 rings (SSSR count). The van der Waals surface area contributed by atoms with Crippen LogP contribution in [0.5, 0.6) is 0 Å². The van der Waals surface area contributed by atoms with E-state index < -0.39 is 0 Å². The number of rotatable bonds is 3. The number of piperidine rings is 1. The lowest BCUT2D eigenvalue weighted by Gasteiger charge is -2.32. The summed E-state index contributed by atoms with van der Waals surface area (Å²) in [6.45, 7) is 5.06. The zero-order chi connectivity index (χ0) is 20.1. The molecule has 1 aromatic carbocycles. The highest BCUT2D eigenvalue weighted by Gasteiger charge is 2.39. The summed E-state index contributed by atoms with van der Waals surface area (Å²) in [4.78, 5) is 43.7. The third kappa shape index (κ3) is 3.43.